The maximum Gasteiger partial charge on any atom is 0.219 e. The van der Waals surface area contributed by atoms with Crippen LogP contribution < -0.4 is 20.1 Å². The van der Waals surface area contributed by atoms with Crippen molar-refractivity contribution in [3.8, 4) is 17.4 Å². The maximum atomic E-state index is 5.91. The van der Waals surface area contributed by atoms with E-state index in [1.54, 1.807) is 25.5 Å². The summed E-state index contributed by atoms with van der Waals surface area (Å²) in [5, 5.41) is 15.5. The van der Waals surface area contributed by atoms with Gasteiger partial charge in [-0.25, -0.2) is 15.0 Å². The van der Waals surface area contributed by atoms with Crippen LogP contribution in [-0.4, -0.2) is 49.1 Å². The number of rotatable bonds is 9. The lowest BCUT2D eigenvalue weighted by Gasteiger charge is -2.10. The molecule has 2 N–H and O–H groups in total. The van der Waals surface area contributed by atoms with Gasteiger partial charge in [0.1, 0.15) is 30.3 Å². The minimum absolute atomic E-state index is 0.432. The monoisotopic (exact) mass is 420 g/mol. The number of fused-ring (bicyclic) bond motifs is 1. The number of pyridine rings is 1. The van der Waals surface area contributed by atoms with Crippen LogP contribution in [0.2, 0.25) is 0 Å². The highest BCUT2D eigenvalue weighted by Gasteiger charge is 2.09. The molecule has 0 saturated heterocycles. The number of anilines is 2. The second-order valence-electron chi connectivity index (χ2n) is 7.14. The molecule has 1 aromatic carbocycles. The van der Waals surface area contributed by atoms with E-state index in [2.05, 4.69) is 49.6 Å². The molecule has 0 saturated carbocycles. The summed E-state index contributed by atoms with van der Waals surface area (Å²) in [6.45, 7) is 5.55. The Labute approximate surface area is 179 Å². The zero-order valence-corrected chi connectivity index (χ0v) is 17.6. The third-order valence-corrected chi connectivity index (χ3v) is 4.31. The highest BCUT2D eigenvalue weighted by Crippen LogP contribution is 2.28. The Morgan fingerprint density at radius 3 is 2.65 bits per heavy atom. The normalized spacial score (nSPS) is 11.1. The standard InChI is InChI=1S/C21H24N8O2/c1-14(2)22-8-9-30-16-5-7-20(23-11-16)31-15-4-6-18-17(10-15)21(25-13-24-18)27-19-12-26-29(3)28-19/h4-7,10-14,22H,8-9H2,1-3H3,(H,24,25,27,28). The lowest BCUT2D eigenvalue weighted by Crippen LogP contribution is -2.27. The summed E-state index contributed by atoms with van der Waals surface area (Å²) in [5.41, 5.74) is 0.778. The first-order chi connectivity index (χ1) is 15.1. The Kier molecular flexibility index (Phi) is 6.18. The largest absolute Gasteiger partial charge is 0.491 e. The van der Waals surface area contributed by atoms with Gasteiger partial charge in [0.15, 0.2) is 5.82 Å². The first-order valence-electron chi connectivity index (χ1n) is 9.95. The van der Waals surface area contributed by atoms with Gasteiger partial charge in [0.25, 0.3) is 0 Å². The van der Waals surface area contributed by atoms with Gasteiger partial charge in [-0.15, -0.1) is 5.10 Å². The molecule has 4 rings (SSSR count). The fourth-order valence-electron chi connectivity index (χ4n) is 2.87. The Balaban J connectivity index is 1.45. The van der Waals surface area contributed by atoms with Crippen molar-refractivity contribution < 1.29 is 9.47 Å². The summed E-state index contributed by atoms with van der Waals surface area (Å²) in [6, 6.07) is 9.61. The van der Waals surface area contributed by atoms with E-state index in [1.807, 2.05) is 24.3 Å². The summed E-state index contributed by atoms with van der Waals surface area (Å²) in [4.78, 5) is 14.4. The quantitative estimate of drug-likeness (QED) is 0.395. The third kappa shape index (κ3) is 5.43. The molecule has 10 heteroatoms. The Morgan fingerprint density at radius 1 is 1.03 bits per heavy atom. The molecule has 10 nitrogen and oxygen atoms in total. The van der Waals surface area contributed by atoms with E-state index in [1.165, 1.54) is 11.1 Å². The van der Waals surface area contributed by atoms with Crippen LogP contribution in [0.15, 0.2) is 49.1 Å². The number of aromatic nitrogens is 6. The molecular formula is C21H24N8O2. The Morgan fingerprint density at radius 2 is 1.90 bits per heavy atom. The van der Waals surface area contributed by atoms with Crippen LogP contribution in [0.4, 0.5) is 11.6 Å². The summed E-state index contributed by atoms with van der Waals surface area (Å²) < 4.78 is 11.6. The van der Waals surface area contributed by atoms with Crippen LogP contribution in [0.5, 0.6) is 17.4 Å². The van der Waals surface area contributed by atoms with Crippen LogP contribution in [0, 0.1) is 0 Å². The van der Waals surface area contributed by atoms with Gasteiger partial charge in [-0.3, -0.25) is 0 Å². The zero-order chi connectivity index (χ0) is 21.6. The lowest BCUT2D eigenvalue weighted by molar-refractivity contribution is 0.307. The third-order valence-electron chi connectivity index (χ3n) is 4.31. The molecule has 160 valence electrons. The summed E-state index contributed by atoms with van der Waals surface area (Å²) in [6.07, 6.45) is 4.77. The summed E-state index contributed by atoms with van der Waals surface area (Å²) in [7, 11) is 1.75. The van der Waals surface area contributed by atoms with Crippen molar-refractivity contribution in [1.29, 1.82) is 0 Å². The second kappa shape index (κ2) is 9.35. The molecule has 0 spiro atoms. The molecule has 0 bridgehead atoms. The van der Waals surface area contributed by atoms with Gasteiger partial charge < -0.3 is 20.1 Å². The SMILES string of the molecule is CC(C)NCCOc1ccc(Oc2ccc3ncnc(Nc4cnn(C)n4)c3c2)nc1. The number of aryl methyl sites for hydroxylation is 1. The first-order valence-corrected chi connectivity index (χ1v) is 9.95. The highest BCUT2D eigenvalue weighted by molar-refractivity contribution is 5.91. The summed E-state index contributed by atoms with van der Waals surface area (Å²) in [5.74, 6) is 2.98. The predicted octanol–water partition coefficient (Wildman–Crippen LogP) is 3.07. The number of benzene rings is 1. The van der Waals surface area contributed by atoms with Crippen molar-refractivity contribution in [2.75, 3.05) is 18.5 Å². The van der Waals surface area contributed by atoms with E-state index in [9.17, 15) is 0 Å². The van der Waals surface area contributed by atoms with E-state index in [0.717, 1.165) is 17.4 Å². The van der Waals surface area contributed by atoms with E-state index < -0.39 is 0 Å². The molecule has 0 atom stereocenters. The minimum atomic E-state index is 0.432. The number of hydrogen-bond donors (Lipinski definition) is 2. The van der Waals surface area contributed by atoms with Crippen molar-refractivity contribution in [3.63, 3.8) is 0 Å². The average molecular weight is 420 g/mol. The molecule has 3 heterocycles. The lowest BCUT2D eigenvalue weighted by atomic mass is 10.2. The number of ether oxygens (including phenoxy) is 2. The van der Waals surface area contributed by atoms with Crippen LogP contribution in [0.1, 0.15) is 13.8 Å². The molecule has 0 aliphatic heterocycles. The smallest absolute Gasteiger partial charge is 0.219 e. The van der Waals surface area contributed by atoms with Gasteiger partial charge in [0.2, 0.25) is 5.88 Å². The number of nitrogens with one attached hydrogen (secondary N) is 2. The first kappa shape index (κ1) is 20.5. The molecule has 0 amide bonds. The van der Waals surface area contributed by atoms with E-state index in [0.29, 0.717) is 41.7 Å². The van der Waals surface area contributed by atoms with E-state index in [4.69, 9.17) is 9.47 Å². The maximum absolute atomic E-state index is 5.91. The van der Waals surface area contributed by atoms with Crippen molar-refractivity contribution >= 4 is 22.5 Å². The molecule has 31 heavy (non-hydrogen) atoms. The van der Waals surface area contributed by atoms with Gasteiger partial charge in [-0.1, -0.05) is 13.8 Å². The molecular weight excluding hydrogens is 396 g/mol. The summed E-state index contributed by atoms with van der Waals surface area (Å²) >= 11 is 0. The van der Waals surface area contributed by atoms with Crippen LogP contribution in [0.25, 0.3) is 10.9 Å². The Hall–Kier alpha value is -3.79. The fraction of sp³-hybridized carbons (Fsp3) is 0.286. The fourth-order valence-corrected chi connectivity index (χ4v) is 2.87. The molecule has 0 fully saturated rings. The zero-order valence-electron chi connectivity index (χ0n) is 17.6. The van der Waals surface area contributed by atoms with Crippen molar-refractivity contribution in [2.45, 2.75) is 19.9 Å². The van der Waals surface area contributed by atoms with Crippen LogP contribution in [-0.2, 0) is 7.05 Å². The van der Waals surface area contributed by atoms with Crippen LogP contribution >= 0.6 is 0 Å². The minimum Gasteiger partial charge on any atom is -0.491 e. The van der Waals surface area contributed by atoms with Crippen LogP contribution in [0.3, 0.4) is 0 Å². The predicted molar refractivity (Wildman–Crippen MR) is 117 cm³/mol. The van der Waals surface area contributed by atoms with E-state index in [-0.39, 0.29) is 0 Å². The van der Waals surface area contributed by atoms with Gasteiger partial charge >= 0.3 is 0 Å². The van der Waals surface area contributed by atoms with Crippen molar-refractivity contribution in [1.82, 2.24) is 35.3 Å². The average Bonchev–Trinajstić information content (AvgIpc) is 3.17. The van der Waals surface area contributed by atoms with Gasteiger partial charge in [-0.2, -0.15) is 9.90 Å². The van der Waals surface area contributed by atoms with Crippen molar-refractivity contribution in [2.24, 2.45) is 7.05 Å². The molecule has 4 aromatic rings. The Bertz CT molecular complexity index is 1140. The van der Waals surface area contributed by atoms with Gasteiger partial charge in [0, 0.05) is 31.1 Å². The highest BCUT2D eigenvalue weighted by atomic mass is 16.5. The molecule has 0 unspecified atom stereocenters. The molecule has 3 aromatic heterocycles. The van der Waals surface area contributed by atoms with Gasteiger partial charge in [0.05, 0.1) is 17.9 Å². The van der Waals surface area contributed by atoms with Gasteiger partial charge in [-0.05, 0) is 24.3 Å². The number of nitrogens with zero attached hydrogens (tertiary/aromatic N) is 6. The molecule has 0 aliphatic rings. The second-order valence-corrected chi connectivity index (χ2v) is 7.14. The number of hydrogen-bond acceptors (Lipinski definition) is 9. The van der Waals surface area contributed by atoms with E-state index >= 15 is 0 Å². The molecule has 0 radical (unpaired) electrons. The molecule has 0 aliphatic carbocycles. The topological polar surface area (TPSA) is 112 Å². The van der Waals surface area contributed by atoms with Crippen molar-refractivity contribution in [3.05, 3.63) is 49.1 Å².